The molecule has 126 valence electrons. The second-order valence-corrected chi connectivity index (χ2v) is 6.57. The van der Waals surface area contributed by atoms with E-state index in [0.29, 0.717) is 10.6 Å². The third-order valence-electron chi connectivity index (χ3n) is 3.35. The van der Waals surface area contributed by atoms with E-state index in [9.17, 15) is 9.59 Å². The Bertz CT molecular complexity index is 916. The summed E-state index contributed by atoms with van der Waals surface area (Å²) in [6.07, 6.45) is 0. The van der Waals surface area contributed by atoms with Gasteiger partial charge in [0.15, 0.2) is 0 Å². The molecule has 0 saturated heterocycles. The molecule has 7 heteroatoms. The lowest BCUT2D eigenvalue weighted by atomic mass is 10.2. The predicted molar refractivity (Wildman–Crippen MR) is 99.5 cm³/mol. The second kappa shape index (κ2) is 8.00. The number of thioether (sulfide) groups is 1. The third-order valence-corrected chi connectivity index (χ3v) is 4.53. The first-order valence-corrected chi connectivity index (χ1v) is 8.81. The number of nitrogens with zero attached hydrogens (tertiary/aromatic N) is 1. The highest BCUT2D eigenvalue weighted by molar-refractivity contribution is 7.99. The van der Waals surface area contributed by atoms with Gasteiger partial charge in [0.25, 0.3) is 5.91 Å². The molecule has 0 spiro atoms. The number of pyridine rings is 1. The van der Waals surface area contributed by atoms with Crippen molar-refractivity contribution in [3.05, 3.63) is 71.2 Å². The number of hydrazine groups is 1. The van der Waals surface area contributed by atoms with Gasteiger partial charge < -0.3 is 0 Å². The first-order chi connectivity index (χ1) is 12.1. The van der Waals surface area contributed by atoms with Gasteiger partial charge in [0.1, 0.15) is 0 Å². The molecule has 2 aromatic carbocycles. The number of carbonyl (C=O) groups is 2. The Morgan fingerprint density at radius 3 is 2.52 bits per heavy atom. The quantitative estimate of drug-likeness (QED) is 0.544. The van der Waals surface area contributed by atoms with Crippen LogP contribution in [0.3, 0.4) is 0 Å². The average Bonchev–Trinajstić information content (AvgIpc) is 2.65. The van der Waals surface area contributed by atoms with Crippen LogP contribution in [0, 0.1) is 0 Å². The molecule has 3 rings (SSSR count). The number of hydrogen-bond acceptors (Lipinski definition) is 4. The molecule has 0 radical (unpaired) electrons. The summed E-state index contributed by atoms with van der Waals surface area (Å²) >= 11 is 7.07. The van der Waals surface area contributed by atoms with Gasteiger partial charge >= 0.3 is 0 Å². The van der Waals surface area contributed by atoms with E-state index in [0.717, 1.165) is 15.9 Å². The molecule has 0 aliphatic rings. The van der Waals surface area contributed by atoms with Crippen molar-refractivity contribution in [2.75, 3.05) is 5.75 Å². The molecule has 1 aromatic heterocycles. The fourth-order valence-corrected chi connectivity index (χ4v) is 2.91. The fraction of sp³-hybridized carbons (Fsp3) is 0.0556. The highest BCUT2D eigenvalue weighted by Crippen LogP contribution is 2.19. The SMILES string of the molecule is O=C(CSc1ccc2ccccc2n1)NNC(=O)c1ccc(Cl)cc1. The lowest BCUT2D eigenvalue weighted by molar-refractivity contribution is -0.119. The number of rotatable bonds is 4. The van der Waals surface area contributed by atoms with Crippen molar-refractivity contribution in [3.63, 3.8) is 0 Å². The number of fused-ring (bicyclic) bond motifs is 1. The van der Waals surface area contributed by atoms with E-state index in [4.69, 9.17) is 11.6 Å². The Hall–Kier alpha value is -2.57. The van der Waals surface area contributed by atoms with Crippen LogP contribution in [-0.2, 0) is 4.79 Å². The number of hydrogen-bond donors (Lipinski definition) is 2. The third kappa shape index (κ3) is 4.71. The Balaban J connectivity index is 1.50. The topological polar surface area (TPSA) is 71.1 Å². The highest BCUT2D eigenvalue weighted by atomic mass is 35.5. The van der Waals surface area contributed by atoms with Crippen molar-refractivity contribution in [2.45, 2.75) is 5.03 Å². The van der Waals surface area contributed by atoms with E-state index < -0.39 is 5.91 Å². The number of nitrogens with one attached hydrogen (secondary N) is 2. The molecule has 0 atom stereocenters. The van der Waals surface area contributed by atoms with Crippen LogP contribution in [0.1, 0.15) is 10.4 Å². The number of amides is 2. The maximum atomic E-state index is 11.9. The Morgan fingerprint density at radius 1 is 0.960 bits per heavy atom. The number of benzene rings is 2. The summed E-state index contributed by atoms with van der Waals surface area (Å²) in [7, 11) is 0. The molecule has 0 bridgehead atoms. The zero-order chi connectivity index (χ0) is 17.6. The van der Waals surface area contributed by atoms with Crippen molar-refractivity contribution in [1.29, 1.82) is 0 Å². The number of halogens is 1. The standard InChI is InChI=1S/C18H14ClN3O2S/c19-14-8-5-13(6-9-14)18(24)22-21-16(23)11-25-17-10-7-12-3-1-2-4-15(12)20-17/h1-10H,11H2,(H,21,23)(H,22,24). The zero-order valence-corrected chi connectivity index (χ0v) is 14.6. The van der Waals surface area contributed by atoms with E-state index >= 15 is 0 Å². The van der Waals surface area contributed by atoms with E-state index in [-0.39, 0.29) is 11.7 Å². The summed E-state index contributed by atoms with van der Waals surface area (Å²) in [6.45, 7) is 0. The molecule has 2 amide bonds. The van der Waals surface area contributed by atoms with Crippen molar-refractivity contribution in [2.24, 2.45) is 0 Å². The van der Waals surface area contributed by atoms with Crippen LogP contribution in [0.2, 0.25) is 5.02 Å². The van der Waals surface area contributed by atoms with Gasteiger partial charge in [-0.3, -0.25) is 20.4 Å². The summed E-state index contributed by atoms with van der Waals surface area (Å²) in [5.41, 5.74) is 6.04. The van der Waals surface area contributed by atoms with Gasteiger partial charge in [0.05, 0.1) is 16.3 Å². The molecular formula is C18H14ClN3O2S. The average molecular weight is 372 g/mol. The highest BCUT2D eigenvalue weighted by Gasteiger charge is 2.08. The van der Waals surface area contributed by atoms with E-state index in [1.807, 2.05) is 36.4 Å². The van der Waals surface area contributed by atoms with Crippen LogP contribution in [0.15, 0.2) is 65.7 Å². The molecule has 0 saturated carbocycles. The zero-order valence-electron chi connectivity index (χ0n) is 13.0. The predicted octanol–water partition coefficient (Wildman–Crippen LogP) is 3.44. The van der Waals surface area contributed by atoms with Gasteiger partial charge in [-0.2, -0.15) is 0 Å². The van der Waals surface area contributed by atoms with Gasteiger partial charge in [-0.25, -0.2) is 4.98 Å². The van der Waals surface area contributed by atoms with Gasteiger partial charge in [0.2, 0.25) is 5.91 Å². The Kier molecular flexibility index (Phi) is 5.53. The minimum absolute atomic E-state index is 0.145. The summed E-state index contributed by atoms with van der Waals surface area (Å²) in [4.78, 5) is 28.2. The first kappa shape index (κ1) is 17.3. The molecule has 0 aliphatic heterocycles. The van der Waals surface area contributed by atoms with Crippen LogP contribution in [0.5, 0.6) is 0 Å². The fourth-order valence-electron chi connectivity index (χ4n) is 2.10. The van der Waals surface area contributed by atoms with Crippen LogP contribution < -0.4 is 10.9 Å². The summed E-state index contributed by atoms with van der Waals surface area (Å²) in [5.74, 6) is -0.576. The van der Waals surface area contributed by atoms with E-state index in [1.54, 1.807) is 24.3 Å². The van der Waals surface area contributed by atoms with Gasteiger partial charge in [-0.05, 0) is 36.4 Å². The van der Waals surface area contributed by atoms with E-state index in [1.165, 1.54) is 11.8 Å². The minimum Gasteiger partial charge on any atom is -0.272 e. The molecular weight excluding hydrogens is 358 g/mol. The molecule has 2 N–H and O–H groups in total. The lowest BCUT2D eigenvalue weighted by Gasteiger charge is -2.07. The maximum absolute atomic E-state index is 11.9. The summed E-state index contributed by atoms with van der Waals surface area (Å²) < 4.78 is 0. The van der Waals surface area contributed by atoms with Crippen LogP contribution in [-0.4, -0.2) is 22.6 Å². The molecule has 1 heterocycles. The number of para-hydroxylation sites is 1. The molecule has 0 fully saturated rings. The summed E-state index contributed by atoms with van der Waals surface area (Å²) in [6, 6.07) is 18.0. The van der Waals surface area contributed by atoms with Gasteiger partial charge in [-0.15, -0.1) is 0 Å². The van der Waals surface area contributed by atoms with Crippen molar-refractivity contribution in [1.82, 2.24) is 15.8 Å². The van der Waals surface area contributed by atoms with Crippen molar-refractivity contribution < 1.29 is 9.59 Å². The molecule has 25 heavy (non-hydrogen) atoms. The van der Waals surface area contributed by atoms with Crippen molar-refractivity contribution >= 4 is 46.1 Å². The van der Waals surface area contributed by atoms with E-state index in [2.05, 4.69) is 15.8 Å². The molecule has 0 unspecified atom stereocenters. The summed E-state index contributed by atoms with van der Waals surface area (Å²) in [5, 5.41) is 2.34. The molecule has 3 aromatic rings. The Morgan fingerprint density at radius 2 is 1.72 bits per heavy atom. The van der Waals surface area contributed by atoms with Gasteiger partial charge in [0, 0.05) is 16.0 Å². The van der Waals surface area contributed by atoms with Gasteiger partial charge in [-0.1, -0.05) is 47.6 Å². The minimum atomic E-state index is -0.404. The smallest absolute Gasteiger partial charge is 0.269 e. The van der Waals surface area contributed by atoms with Crippen molar-refractivity contribution in [3.8, 4) is 0 Å². The van der Waals surface area contributed by atoms with Crippen LogP contribution in [0.4, 0.5) is 0 Å². The largest absolute Gasteiger partial charge is 0.272 e. The maximum Gasteiger partial charge on any atom is 0.269 e. The normalized spacial score (nSPS) is 10.4. The molecule has 0 aliphatic carbocycles. The number of aromatic nitrogens is 1. The Labute approximate surface area is 153 Å². The van der Waals surface area contributed by atoms with Crippen LogP contribution >= 0.6 is 23.4 Å². The number of carbonyl (C=O) groups excluding carboxylic acids is 2. The second-order valence-electron chi connectivity index (χ2n) is 5.14. The lowest BCUT2D eigenvalue weighted by Crippen LogP contribution is -2.42. The first-order valence-electron chi connectivity index (χ1n) is 7.45. The van der Waals surface area contributed by atoms with Crippen LogP contribution in [0.25, 0.3) is 10.9 Å². The molecule has 5 nitrogen and oxygen atoms in total. The monoisotopic (exact) mass is 371 g/mol.